The summed E-state index contributed by atoms with van der Waals surface area (Å²) >= 11 is 5.05. The average molecular weight is 425 g/mol. The van der Waals surface area contributed by atoms with E-state index < -0.39 is 11.9 Å². The second-order valence-electron chi connectivity index (χ2n) is 6.86. The van der Waals surface area contributed by atoms with Gasteiger partial charge in [-0.25, -0.2) is 20.1 Å². The highest BCUT2D eigenvalue weighted by Crippen LogP contribution is 2.29. The Morgan fingerprint density at radius 2 is 2.17 bits per heavy atom. The highest BCUT2D eigenvalue weighted by atomic mass is 32.1. The molecule has 2 aliphatic heterocycles. The molecule has 2 fully saturated rings. The zero-order valence-electron chi connectivity index (χ0n) is 16.1. The number of nitrogens with two attached hydrogens (primary N) is 1. The van der Waals surface area contributed by atoms with Gasteiger partial charge in [-0.15, -0.1) is 0 Å². The minimum Gasteiger partial charge on any atom is -0.444 e. The second-order valence-corrected chi connectivity index (χ2v) is 7.25. The van der Waals surface area contributed by atoms with Crippen molar-refractivity contribution in [1.82, 2.24) is 10.5 Å². The molecule has 0 bridgehead atoms. The largest absolute Gasteiger partial charge is 0.444 e. The SMILES string of the molecule is CC(=O)CC[C@H]1CN(c2ccc(N3CCON(C(=S)NN)CC3)c(F)c2)C(=O)O1. The molecule has 29 heavy (non-hydrogen) atoms. The lowest BCUT2D eigenvalue weighted by Crippen LogP contribution is -2.44. The van der Waals surface area contributed by atoms with E-state index in [1.165, 1.54) is 23.0 Å². The van der Waals surface area contributed by atoms with Gasteiger partial charge in [-0.3, -0.25) is 15.2 Å². The molecule has 0 unspecified atom stereocenters. The van der Waals surface area contributed by atoms with Crippen LogP contribution in [0.5, 0.6) is 0 Å². The van der Waals surface area contributed by atoms with Gasteiger partial charge in [-0.1, -0.05) is 0 Å². The van der Waals surface area contributed by atoms with Crippen molar-refractivity contribution in [2.75, 3.05) is 42.6 Å². The number of ketones is 1. The molecule has 1 aromatic rings. The summed E-state index contributed by atoms with van der Waals surface area (Å²) in [5.41, 5.74) is 3.19. The third kappa shape index (κ3) is 5.11. The van der Waals surface area contributed by atoms with Gasteiger partial charge in [-0.2, -0.15) is 0 Å². The lowest BCUT2D eigenvalue weighted by molar-refractivity contribution is -0.117. The van der Waals surface area contributed by atoms with Crippen LogP contribution in [-0.4, -0.2) is 60.9 Å². The van der Waals surface area contributed by atoms with Gasteiger partial charge < -0.3 is 14.4 Å². The topological polar surface area (TPSA) is 100 Å². The number of hydroxylamine groups is 2. The van der Waals surface area contributed by atoms with Crippen molar-refractivity contribution in [2.45, 2.75) is 25.9 Å². The van der Waals surface area contributed by atoms with E-state index in [4.69, 9.17) is 27.6 Å². The number of nitrogens with zero attached hydrogens (tertiary/aromatic N) is 3. The zero-order valence-corrected chi connectivity index (χ0v) is 16.9. The predicted octanol–water partition coefficient (Wildman–Crippen LogP) is 1.32. The first-order chi connectivity index (χ1) is 13.9. The van der Waals surface area contributed by atoms with Crippen molar-refractivity contribution in [1.29, 1.82) is 0 Å². The van der Waals surface area contributed by atoms with Crippen molar-refractivity contribution in [2.24, 2.45) is 5.84 Å². The maximum Gasteiger partial charge on any atom is 0.414 e. The Hall–Kier alpha value is -2.50. The summed E-state index contributed by atoms with van der Waals surface area (Å²) in [7, 11) is 0. The molecule has 1 amide bonds. The molecular weight excluding hydrogens is 401 g/mol. The molecular formula is C18H24FN5O4S. The number of rotatable bonds is 5. The number of hydrazine groups is 1. The standard InChI is InChI=1S/C18H24FN5O4S/c1-12(25)2-4-14-11-23(18(26)28-14)13-3-5-16(15(19)10-13)22-6-7-24(17(29)21-20)27-9-8-22/h3,5,10,14H,2,4,6-9,11,20H2,1H3,(H,21,29)/t14-/m0/s1. The zero-order chi connectivity index (χ0) is 21.0. The molecule has 2 aliphatic rings. The number of carbonyl (C=O) groups excluding carboxylic acids is 2. The number of ether oxygens (including phenoxy) is 1. The lowest BCUT2D eigenvalue weighted by Gasteiger charge is -2.24. The van der Waals surface area contributed by atoms with Crippen LogP contribution in [0, 0.1) is 5.82 Å². The number of Topliss-reactive ketones (excluding diaryl/α,β-unsaturated/α-hetero) is 1. The Kier molecular flexibility index (Phi) is 6.83. The summed E-state index contributed by atoms with van der Waals surface area (Å²) in [6, 6.07) is 4.64. The van der Waals surface area contributed by atoms with E-state index >= 15 is 0 Å². The van der Waals surface area contributed by atoms with Crippen LogP contribution in [-0.2, 0) is 14.4 Å². The fourth-order valence-electron chi connectivity index (χ4n) is 3.29. The van der Waals surface area contributed by atoms with Gasteiger partial charge in [0.1, 0.15) is 17.7 Å². The summed E-state index contributed by atoms with van der Waals surface area (Å²) in [5.74, 6) is 4.90. The van der Waals surface area contributed by atoms with E-state index in [-0.39, 0.29) is 17.0 Å². The molecule has 158 valence electrons. The van der Waals surface area contributed by atoms with Crippen LogP contribution in [0.3, 0.4) is 0 Å². The Morgan fingerprint density at radius 1 is 1.38 bits per heavy atom. The average Bonchev–Trinajstić information content (AvgIpc) is 2.90. The highest BCUT2D eigenvalue weighted by Gasteiger charge is 2.33. The number of benzene rings is 1. The Labute approximate surface area is 173 Å². The number of hydrogen-bond acceptors (Lipinski definition) is 7. The second kappa shape index (κ2) is 9.33. The number of nitrogens with one attached hydrogen (secondary N) is 1. The molecule has 0 aromatic heterocycles. The van der Waals surface area contributed by atoms with E-state index in [1.807, 2.05) is 4.90 Å². The molecule has 2 heterocycles. The molecule has 0 saturated carbocycles. The van der Waals surface area contributed by atoms with Crippen molar-refractivity contribution in [3.05, 3.63) is 24.0 Å². The summed E-state index contributed by atoms with van der Waals surface area (Å²) in [6.07, 6.45) is -0.103. The Balaban J connectivity index is 1.66. The third-order valence-electron chi connectivity index (χ3n) is 4.81. The van der Waals surface area contributed by atoms with E-state index in [0.717, 1.165) is 0 Å². The van der Waals surface area contributed by atoms with Crippen molar-refractivity contribution >= 4 is 40.6 Å². The number of amides is 1. The molecule has 0 spiro atoms. The minimum atomic E-state index is -0.535. The van der Waals surface area contributed by atoms with Crippen molar-refractivity contribution in [3.8, 4) is 0 Å². The van der Waals surface area contributed by atoms with Crippen LogP contribution in [0.4, 0.5) is 20.6 Å². The molecule has 1 aromatic carbocycles. The molecule has 9 nitrogen and oxygen atoms in total. The molecule has 1 atom stereocenters. The fraction of sp³-hybridized carbons (Fsp3) is 0.500. The van der Waals surface area contributed by atoms with Crippen LogP contribution in [0.2, 0.25) is 0 Å². The van der Waals surface area contributed by atoms with Gasteiger partial charge in [0.15, 0.2) is 0 Å². The smallest absolute Gasteiger partial charge is 0.414 e. The van der Waals surface area contributed by atoms with Crippen LogP contribution in [0.25, 0.3) is 0 Å². The highest BCUT2D eigenvalue weighted by molar-refractivity contribution is 7.80. The maximum absolute atomic E-state index is 14.8. The summed E-state index contributed by atoms with van der Waals surface area (Å²) in [6.45, 7) is 3.48. The first kappa shape index (κ1) is 21.2. The molecule has 0 aliphatic carbocycles. The number of carbonyl (C=O) groups is 2. The van der Waals surface area contributed by atoms with E-state index in [1.54, 1.807) is 12.1 Å². The van der Waals surface area contributed by atoms with Crippen molar-refractivity contribution < 1.29 is 23.6 Å². The molecule has 11 heteroatoms. The number of halogens is 1. The number of cyclic esters (lactones) is 1. The van der Waals surface area contributed by atoms with E-state index in [0.29, 0.717) is 57.0 Å². The summed E-state index contributed by atoms with van der Waals surface area (Å²) in [4.78, 5) is 32.0. The number of hydrogen-bond donors (Lipinski definition) is 2. The van der Waals surface area contributed by atoms with Crippen LogP contribution < -0.4 is 21.1 Å². The molecule has 2 saturated heterocycles. The number of anilines is 2. The van der Waals surface area contributed by atoms with Gasteiger partial charge in [0.2, 0.25) is 5.11 Å². The Morgan fingerprint density at radius 3 is 2.86 bits per heavy atom. The van der Waals surface area contributed by atoms with Gasteiger partial charge in [0.05, 0.1) is 31.1 Å². The predicted molar refractivity (Wildman–Crippen MR) is 109 cm³/mol. The molecule has 0 radical (unpaired) electrons. The summed E-state index contributed by atoms with van der Waals surface area (Å²) < 4.78 is 20.1. The van der Waals surface area contributed by atoms with Crippen LogP contribution in [0.15, 0.2) is 18.2 Å². The first-order valence-electron chi connectivity index (χ1n) is 9.32. The summed E-state index contributed by atoms with van der Waals surface area (Å²) in [5, 5.41) is 1.72. The van der Waals surface area contributed by atoms with E-state index in [9.17, 15) is 14.0 Å². The van der Waals surface area contributed by atoms with Gasteiger partial charge >= 0.3 is 6.09 Å². The molecule has 3 rings (SSSR count). The molecule has 3 N–H and O–H groups in total. The van der Waals surface area contributed by atoms with E-state index in [2.05, 4.69) is 5.43 Å². The maximum atomic E-state index is 14.8. The Bertz CT molecular complexity index is 796. The van der Waals surface area contributed by atoms with Crippen molar-refractivity contribution in [3.63, 3.8) is 0 Å². The van der Waals surface area contributed by atoms with Crippen LogP contribution in [0.1, 0.15) is 19.8 Å². The van der Waals surface area contributed by atoms with Crippen LogP contribution >= 0.6 is 12.2 Å². The fourth-order valence-corrected chi connectivity index (χ4v) is 3.43. The normalized spacial score (nSPS) is 19.8. The van der Waals surface area contributed by atoms with Gasteiger partial charge in [-0.05, 0) is 43.8 Å². The number of thiocarbonyl (C=S) groups is 1. The van der Waals surface area contributed by atoms with Gasteiger partial charge in [0, 0.05) is 19.5 Å². The lowest BCUT2D eigenvalue weighted by atomic mass is 10.1. The van der Waals surface area contributed by atoms with Gasteiger partial charge in [0.25, 0.3) is 0 Å². The monoisotopic (exact) mass is 425 g/mol. The first-order valence-corrected chi connectivity index (χ1v) is 9.73. The quantitative estimate of drug-likeness (QED) is 0.411. The minimum absolute atomic E-state index is 0.0397. The third-order valence-corrected chi connectivity index (χ3v) is 5.13.